The Labute approximate surface area is 372 Å². The predicted octanol–water partition coefficient (Wildman–Crippen LogP) is 16.8. The van der Waals surface area contributed by atoms with Crippen molar-refractivity contribution in [2.45, 2.75) is 52.9 Å². The molecule has 308 valence electrons. The van der Waals surface area contributed by atoms with Gasteiger partial charge in [-0.1, -0.05) is 160 Å². The minimum Gasteiger partial charge on any atom is -0.453 e. The second-order valence-electron chi connectivity index (χ2n) is 18.0. The number of para-hydroxylation sites is 6. The van der Waals surface area contributed by atoms with Gasteiger partial charge in [0.1, 0.15) is 0 Å². The number of benzene rings is 8. The molecule has 10 rings (SSSR count). The van der Waals surface area contributed by atoms with Crippen LogP contribution in [-0.2, 0) is 18.3 Å². The zero-order valence-electron chi connectivity index (χ0n) is 36.8. The fraction of sp³-hybridized carbons (Fsp3) is 0.133. The van der Waals surface area contributed by atoms with Crippen molar-refractivity contribution in [2.24, 2.45) is 0 Å². The Morgan fingerprint density at radius 1 is 0.556 bits per heavy atom. The molecule has 0 atom stereocenters. The molecule has 63 heavy (non-hydrogen) atoms. The number of hydrogen-bond donors (Lipinski definition) is 0. The van der Waals surface area contributed by atoms with E-state index in [2.05, 4.69) is 203 Å². The number of rotatable bonds is 7. The molecule has 8 aromatic rings. The molecular formula is C60H52N2O. The van der Waals surface area contributed by atoms with Crippen molar-refractivity contribution >= 4 is 67.7 Å². The Balaban J connectivity index is 0.929. The molecular weight excluding hydrogens is 765 g/mol. The standard InChI is InChI=1S/C60H52N2O/c1-40(2)49(33-23-41(3)61-56-19-11-13-21-58(56)63-59-22-14-12-20-57(59)61)52-35-27-43(38-53(52)60(4,5)6)25-24-42-26-34-50-46(37-42)30-31-47-39-48(32-36-51(47)50)62-54-17-9-7-15-44(54)28-29-45-16-8-10-18-55(45)62/h7-27,30-39H,3,28-29H2,1-2,4-6H3/b25-24+,33-23-. The van der Waals surface area contributed by atoms with Crippen LogP contribution in [0.1, 0.15) is 68.0 Å². The lowest BCUT2D eigenvalue weighted by Gasteiger charge is -2.33. The van der Waals surface area contributed by atoms with Gasteiger partial charge in [0.15, 0.2) is 11.5 Å². The van der Waals surface area contributed by atoms with E-state index in [0.29, 0.717) is 0 Å². The Hall–Kier alpha value is -7.36. The van der Waals surface area contributed by atoms with Gasteiger partial charge in [0, 0.05) is 22.8 Å². The summed E-state index contributed by atoms with van der Waals surface area (Å²) < 4.78 is 6.26. The molecule has 0 unspecified atom stereocenters. The highest BCUT2D eigenvalue weighted by atomic mass is 16.5. The van der Waals surface area contributed by atoms with Crippen LogP contribution in [-0.4, -0.2) is 0 Å². The van der Waals surface area contributed by atoms with Crippen LogP contribution in [0.2, 0.25) is 0 Å². The quantitative estimate of drug-likeness (QED) is 0.0905. The van der Waals surface area contributed by atoms with Gasteiger partial charge in [-0.15, -0.1) is 0 Å². The number of allylic oxidation sites excluding steroid dienone is 4. The van der Waals surface area contributed by atoms with Crippen molar-refractivity contribution in [3.05, 3.63) is 227 Å². The van der Waals surface area contributed by atoms with E-state index in [9.17, 15) is 0 Å². The molecule has 3 heteroatoms. The number of aryl methyl sites for hydroxylation is 2. The van der Waals surface area contributed by atoms with Crippen molar-refractivity contribution in [2.75, 3.05) is 9.80 Å². The normalized spacial score (nSPS) is 13.3. The van der Waals surface area contributed by atoms with Crippen molar-refractivity contribution in [3.8, 4) is 11.5 Å². The molecule has 0 N–H and O–H groups in total. The predicted molar refractivity (Wildman–Crippen MR) is 269 cm³/mol. The molecule has 2 heterocycles. The third kappa shape index (κ3) is 7.55. The van der Waals surface area contributed by atoms with Crippen LogP contribution in [0, 0.1) is 0 Å². The van der Waals surface area contributed by atoms with Gasteiger partial charge in [-0.25, -0.2) is 0 Å². The zero-order chi connectivity index (χ0) is 43.2. The van der Waals surface area contributed by atoms with Crippen molar-refractivity contribution in [1.82, 2.24) is 0 Å². The third-order valence-corrected chi connectivity index (χ3v) is 12.5. The summed E-state index contributed by atoms with van der Waals surface area (Å²) >= 11 is 0. The molecule has 0 bridgehead atoms. The van der Waals surface area contributed by atoms with Gasteiger partial charge in [0.05, 0.1) is 11.4 Å². The van der Waals surface area contributed by atoms with Gasteiger partial charge >= 0.3 is 0 Å². The third-order valence-electron chi connectivity index (χ3n) is 12.5. The molecule has 0 saturated carbocycles. The maximum Gasteiger partial charge on any atom is 0.151 e. The Kier molecular flexibility index (Phi) is 10.2. The van der Waals surface area contributed by atoms with Gasteiger partial charge in [-0.3, -0.25) is 0 Å². The van der Waals surface area contributed by atoms with Crippen LogP contribution in [0.5, 0.6) is 11.5 Å². The lowest BCUT2D eigenvalue weighted by molar-refractivity contribution is 0.476. The first kappa shape index (κ1) is 39.8. The summed E-state index contributed by atoms with van der Waals surface area (Å²) in [6, 6.07) is 59.2. The molecule has 0 radical (unpaired) electrons. The average molecular weight is 817 g/mol. The molecule has 3 nitrogen and oxygen atoms in total. The molecule has 0 spiro atoms. The van der Waals surface area contributed by atoms with Crippen LogP contribution in [0.25, 0.3) is 39.3 Å². The SMILES string of the molecule is C=C(/C=C\C(=C(C)C)c1ccc(/C=C/c2ccc3c(ccc4cc(N5c6ccccc6CCc6ccccc65)ccc43)c2)cc1C(C)(C)C)N1c2ccccc2Oc2ccccc21. The Morgan fingerprint density at radius 2 is 1.08 bits per heavy atom. The smallest absolute Gasteiger partial charge is 0.151 e. The molecule has 8 aromatic carbocycles. The first-order valence-electron chi connectivity index (χ1n) is 22.1. The highest BCUT2D eigenvalue weighted by molar-refractivity contribution is 6.09. The zero-order valence-corrected chi connectivity index (χ0v) is 36.8. The van der Waals surface area contributed by atoms with E-state index in [1.165, 1.54) is 83.1 Å². The second kappa shape index (κ2) is 16.2. The fourth-order valence-electron chi connectivity index (χ4n) is 9.39. The largest absolute Gasteiger partial charge is 0.453 e. The highest BCUT2D eigenvalue weighted by Crippen LogP contribution is 2.48. The number of hydrogen-bond acceptors (Lipinski definition) is 3. The number of nitrogens with zero attached hydrogens (tertiary/aromatic N) is 2. The molecule has 0 saturated heterocycles. The lowest BCUT2D eigenvalue weighted by atomic mass is 9.80. The van der Waals surface area contributed by atoms with Crippen LogP contribution >= 0.6 is 0 Å². The molecule has 0 amide bonds. The Morgan fingerprint density at radius 3 is 1.68 bits per heavy atom. The van der Waals surface area contributed by atoms with Gasteiger partial charge < -0.3 is 14.5 Å². The van der Waals surface area contributed by atoms with E-state index in [1.54, 1.807) is 0 Å². The van der Waals surface area contributed by atoms with Gasteiger partial charge in [-0.05, 0) is 153 Å². The highest BCUT2D eigenvalue weighted by Gasteiger charge is 2.26. The van der Waals surface area contributed by atoms with E-state index in [0.717, 1.165) is 41.4 Å². The summed E-state index contributed by atoms with van der Waals surface area (Å²) in [7, 11) is 0. The summed E-state index contributed by atoms with van der Waals surface area (Å²) in [6.45, 7) is 15.8. The second-order valence-corrected chi connectivity index (χ2v) is 18.0. The minimum absolute atomic E-state index is 0.0866. The molecule has 2 aliphatic rings. The number of anilines is 5. The molecule has 0 fully saturated rings. The maximum absolute atomic E-state index is 6.26. The van der Waals surface area contributed by atoms with Crippen LogP contribution in [0.15, 0.2) is 194 Å². The van der Waals surface area contributed by atoms with Crippen LogP contribution in [0.4, 0.5) is 28.4 Å². The van der Waals surface area contributed by atoms with Crippen molar-refractivity contribution < 1.29 is 4.74 Å². The number of fused-ring (bicyclic) bond motifs is 7. The first-order valence-corrected chi connectivity index (χ1v) is 22.1. The minimum atomic E-state index is -0.0866. The summed E-state index contributed by atoms with van der Waals surface area (Å²) in [5.41, 5.74) is 16.5. The average Bonchev–Trinajstić information content (AvgIpc) is 3.46. The summed E-state index contributed by atoms with van der Waals surface area (Å²) in [6.07, 6.45) is 10.9. The van der Waals surface area contributed by atoms with E-state index in [-0.39, 0.29) is 5.41 Å². The fourth-order valence-corrected chi connectivity index (χ4v) is 9.39. The van der Waals surface area contributed by atoms with Crippen molar-refractivity contribution in [1.29, 1.82) is 0 Å². The van der Waals surface area contributed by atoms with Crippen LogP contribution in [0.3, 0.4) is 0 Å². The summed E-state index contributed by atoms with van der Waals surface area (Å²) in [5.74, 6) is 1.64. The van der Waals surface area contributed by atoms with E-state index < -0.39 is 0 Å². The summed E-state index contributed by atoms with van der Waals surface area (Å²) in [5, 5.41) is 5.00. The van der Waals surface area contributed by atoms with Crippen molar-refractivity contribution in [3.63, 3.8) is 0 Å². The molecule has 0 aliphatic carbocycles. The molecule has 0 aromatic heterocycles. The maximum atomic E-state index is 6.26. The number of ether oxygens (including phenoxy) is 1. The topological polar surface area (TPSA) is 15.7 Å². The van der Waals surface area contributed by atoms with Gasteiger partial charge in [0.25, 0.3) is 0 Å². The van der Waals surface area contributed by atoms with Gasteiger partial charge in [-0.2, -0.15) is 0 Å². The monoisotopic (exact) mass is 816 g/mol. The lowest BCUT2D eigenvalue weighted by Crippen LogP contribution is -2.19. The molecule has 2 aliphatic heterocycles. The first-order chi connectivity index (χ1) is 30.6. The van der Waals surface area contributed by atoms with Crippen LogP contribution < -0.4 is 14.5 Å². The van der Waals surface area contributed by atoms with Gasteiger partial charge in [0.2, 0.25) is 0 Å². The van der Waals surface area contributed by atoms with E-state index >= 15 is 0 Å². The Bertz CT molecular complexity index is 3090. The van der Waals surface area contributed by atoms with E-state index in [4.69, 9.17) is 4.74 Å². The van der Waals surface area contributed by atoms with E-state index in [1.807, 2.05) is 36.4 Å². The summed E-state index contributed by atoms with van der Waals surface area (Å²) in [4.78, 5) is 4.64.